The van der Waals surface area contributed by atoms with Crippen LogP contribution in [0.2, 0.25) is 0 Å². The fourth-order valence-corrected chi connectivity index (χ4v) is 2.87. The Labute approximate surface area is 119 Å². The summed E-state index contributed by atoms with van der Waals surface area (Å²) in [6.07, 6.45) is 3.51. The Morgan fingerprint density at radius 1 is 1.30 bits per heavy atom. The minimum Gasteiger partial charge on any atom is -0.382 e. The van der Waals surface area contributed by atoms with Gasteiger partial charge in [-0.15, -0.1) is 11.3 Å². The van der Waals surface area contributed by atoms with Gasteiger partial charge in [0.25, 0.3) is 0 Å². The number of aryl methyl sites for hydroxylation is 1. The fraction of sp³-hybridized carbons (Fsp3) is 0.0714. The number of nitrogens with two attached hydrogens (primary N) is 1. The van der Waals surface area contributed by atoms with Crippen molar-refractivity contribution in [2.24, 2.45) is 7.05 Å². The zero-order valence-electron chi connectivity index (χ0n) is 10.8. The van der Waals surface area contributed by atoms with Crippen LogP contribution in [0.15, 0.2) is 42.7 Å². The molecule has 20 heavy (non-hydrogen) atoms. The number of nitrogen functional groups attached to an aromatic ring is 1. The number of carbonyl (C=O) groups excluding carboxylic acids is 1. The van der Waals surface area contributed by atoms with Crippen molar-refractivity contribution in [1.82, 2.24) is 14.5 Å². The van der Waals surface area contributed by atoms with Crippen LogP contribution >= 0.6 is 11.3 Å². The molecule has 0 aliphatic carbocycles. The second kappa shape index (κ2) is 4.90. The maximum atomic E-state index is 12.4. The van der Waals surface area contributed by atoms with Crippen molar-refractivity contribution in [3.05, 3.63) is 53.2 Å². The van der Waals surface area contributed by atoms with E-state index in [0.717, 1.165) is 0 Å². The van der Waals surface area contributed by atoms with Gasteiger partial charge in [-0.05, 0) is 0 Å². The molecule has 0 radical (unpaired) electrons. The van der Waals surface area contributed by atoms with E-state index in [1.165, 1.54) is 11.3 Å². The van der Waals surface area contributed by atoms with Crippen LogP contribution in [-0.4, -0.2) is 20.3 Å². The van der Waals surface area contributed by atoms with Gasteiger partial charge in [0, 0.05) is 25.0 Å². The molecule has 1 aromatic carbocycles. The Balaban J connectivity index is 2.02. The van der Waals surface area contributed by atoms with Crippen LogP contribution in [0.1, 0.15) is 15.2 Å². The van der Waals surface area contributed by atoms with Crippen LogP contribution in [0.3, 0.4) is 0 Å². The van der Waals surface area contributed by atoms with Gasteiger partial charge < -0.3 is 10.3 Å². The largest absolute Gasteiger partial charge is 0.382 e. The van der Waals surface area contributed by atoms with Gasteiger partial charge in [-0.1, -0.05) is 30.3 Å². The van der Waals surface area contributed by atoms with Gasteiger partial charge in [0.05, 0.1) is 0 Å². The Morgan fingerprint density at radius 3 is 2.70 bits per heavy atom. The summed E-state index contributed by atoms with van der Waals surface area (Å²) in [5.74, 6) is 0.844. The third-order valence-electron chi connectivity index (χ3n) is 2.91. The van der Waals surface area contributed by atoms with Gasteiger partial charge in [0.1, 0.15) is 10.7 Å². The molecular formula is C14H12N4OS. The van der Waals surface area contributed by atoms with Crippen molar-refractivity contribution in [2.45, 2.75) is 0 Å². The fourth-order valence-electron chi connectivity index (χ4n) is 1.88. The van der Waals surface area contributed by atoms with Crippen molar-refractivity contribution in [2.75, 3.05) is 5.73 Å². The topological polar surface area (TPSA) is 73.8 Å². The Bertz CT molecular complexity index is 761. The predicted molar refractivity (Wildman–Crippen MR) is 78.6 cm³/mol. The first-order valence-electron chi connectivity index (χ1n) is 6.00. The SMILES string of the molecule is Cn1ccnc1-c1nc(N)c(C(=O)c2ccccc2)s1. The van der Waals surface area contributed by atoms with Gasteiger partial charge in [0.2, 0.25) is 5.78 Å². The molecular weight excluding hydrogens is 272 g/mol. The molecule has 0 saturated heterocycles. The smallest absolute Gasteiger partial charge is 0.206 e. The number of thiazole rings is 1. The summed E-state index contributed by atoms with van der Waals surface area (Å²) in [5.41, 5.74) is 6.48. The molecule has 6 heteroatoms. The summed E-state index contributed by atoms with van der Waals surface area (Å²) in [6.45, 7) is 0. The minimum atomic E-state index is -0.110. The second-order valence-corrected chi connectivity index (χ2v) is 5.29. The molecule has 0 amide bonds. The molecule has 0 aliphatic heterocycles. The summed E-state index contributed by atoms with van der Waals surface area (Å²) in [5, 5.41) is 0.647. The molecule has 0 unspecified atom stereocenters. The predicted octanol–water partition coefficient (Wildman–Crippen LogP) is 2.36. The highest BCUT2D eigenvalue weighted by atomic mass is 32.1. The quantitative estimate of drug-likeness (QED) is 0.749. The molecule has 0 spiro atoms. The highest BCUT2D eigenvalue weighted by Crippen LogP contribution is 2.30. The molecule has 0 fully saturated rings. The third-order valence-corrected chi connectivity index (χ3v) is 3.97. The minimum absolute atomic E-state index is 0.110. The van der Waals surface area contributed by atoms with E-state index in [1.807, 2.05) is 36.0 Å². The average molecular weight is 284 g/mol. The lowest BCUT2D eigenvalue weighted by atomic mass is 10.1. The van der Waals surface area contributed by atoms with E-state index < -0.39 is 0 Å². The van der Waals surface area contributed by atoms with E-state index in [1.54, 1.807) is 18.3 Å². The summed E-state index contributed by atoms with van der Waals surface area (Å²) in [6, 6.07) is 9.05. The van der Waals surface area contributed by atoms with E-state index in [-0.39, 0.29) is 11.6 Å². The van der Waals surface area contributed by atoms with Crippen LogP contribution in [-0.2, 0) is 7.05 Å². The van der Waals surface area contributed by atoms with Crippen molar-refractivity contribution in [3.8, 4) is 10.8 Å². The summed E-state index contributed by atoms with van der Waals surface area (Å²) < 4.78 is 1.84. The van der Waals surface area contributed by atoms with Crippen LogP contribution in [0.5, 0.6) is 0 Å². The monoisotopic (exact) mass is 284 g/mol. The highest BCUT2D eigenvalue weighted by molar-refractivity contribution is 7.17. The van der Waals surface area contributed by atoms with Gasteiger partial charge in [-0.3, -0.25) is 4.79 Å². The first kappa shape index (κ1) is 12.6. The summed E-state index contributed by atoms with van der Waals surface area (Å²) in [4.78, 5) is 21.3. The van der Waals surface area contributed by atoms with E-state index >= 15 is 0 Å². The summed E-state index contributed by atoms with van der Waals surface area (Å²) >= 11 is 1.27. The number of hydrogen-bond donors (Lipinski definition) is 1. The molecule has 0 atom stereocenters. The van der Waals surface area contributed by atoms with Crippen molar-refractivity contribution < 1.29 is 4.79 Å². The molecule has 100 valence electrons. The number of carbonyl (C=O) groups is 1. The van der Waals surface area contributed by atoms with Crippen LogP contribution in [0.4, 0.5) is 5.82 Å². The maximum Gasteiger partial charge on any atom is 0.206 e. The van der Waals surface area contributed by atoms with Gasteiger partial charge in [-0.2, -0.15) is 0 Å². The molecule has 0 bridgehead atoms. The zero-order valence-corrected chi connectivity index (χ0v) is 11.6. The molecule has 2 heterocycles. The number of nitrogens with zero attached hydrogens (tertiary/aromatic N) is 3. The lowest BCUT2D eigenvalue weighted by molar-refractivity contribution is 0.104. The van der Waals surface area contributed by atoms with Gasteiger partial charge in [0.15, 0.2) is 10.8 Å². The number of ketones is 1. The van der Waals surface area contributed by atoms with Crippen molar-refractivity contribution in [1.29, 1.82) is 0 Å². The average Bonchev–Trinajstić information content (AvgIpc) is 3.05. The van der Waals surface area contributed by atoms with Crippen molar-refractivity contribution >= 4 is 22.9 Å². The lowest BCUT2D eigenvalue weighted by Crippen LogP contribution is -2.02. The number of anilines is 1. The van der Waals surface area contributed by atoms with Gasteiger partial charge >= 0.3 is 0 Å². The van der Waals surface area contributed by atoms with E-state index in [9.17, 15) is 4.79 Å². The number of hydrogen-bond acceptors (Lipinski definition) is 5. The molecule has 5 nitrogen and oxygen atoms in total. The van der Waals surface area contributed by atoms with E-state index in [4.69, 9.17) is 5.73 Å². The second-order valence-electron chi connectivity index (χ2n) is 4.29. The van der Waals surface area contributed by atoms with E-state index in [0.29, 0.717) is 21.3 Å². The molecule has 3 rings (SSSR count). The molecule has 0 saturated carbocycles. The van der Waals surface area contributed by atoms with E-state index in [2.05, 4.69) is 9.97 Å². The number of rotatable bonds is 3. The Hall–Kier alpha value is -2.47. The number of imidazole rings is 1. The first-order valence-corrected chi connectivity index (χ1v) is 6.82. The molecule has 3 aromatic rings. The first-order chi connectivity index (χ1) is 9.66. The number of aromatic nitrogens is 3. The number of benzene rings is 1. The Morgan fingerprint density at radius 2 is 2.05 bits per heavy atom. The van der Waals surface area contributed by atoms with Crippen LogP contribution in [0.25, 0.3) is 10.8 Å². The molecule has 2 aromatic heterocycles. The Kier molecular flexibility index (Phi) is 3.08. The standard InChI is InChI=1S/C14H12N4OS/c1-18-8-7-16-13(18)14-17-12(15)11(20-14)10(19)9-5-3-2-4-6-9/h2-8H,15H2,1H3. The maximum absolute atomic E-state index is 12.4. The molecule has 2 N–H and O–H groups in total. The zero-order chi connectivity index (χ0) is 14.1. The van der Waals surface area contributed by atoms with Gasteiger partial charge in [-0.25, -0.2) is 9.97 Å². The molecule has 0 aliphatic rings. The highest BCUT2D eigenvalue weighted by Gasteiger charge is 2.19. The van der Waals surface area contributed by atoms with Crippen LogP contribution < -0.4 is 5.73 Å². The third kappa shape index (κ3) is 2.10. The lowest BCUT2D eigenvalue weighted by Gasteiger charge is -1.97. The van der Waals surface area contributed by atoms with Crippen molar-refractivity contribution in [3.63, 3.8) is 0 Å². The van der Waals surface area contributed by atoms with Crippen LogP contribution in [0, 0.1) is 0 Å². The summed E-state index contributed by atoms with van der Waals surface area (Å²) in [7, 11) is 1.87. The normalized spacial score (nSPS) is 10.7.